The molecule has 1 aliphatic rings. The highest BCUT2D eigenvalue weighted by molar-refractivity contribution is 9.10. The maximum absolute atomic E-state index is 6.81. The van der Waals surface area contributed by atoms with E-state index in [0.29, 0.717) is 0 Å². The SMILES string of the molecule is ClC(CC1CCCCCC1)c1ccc(Br)c2ccccc12. The number of alkyl halides is 1. The molecule has 2 aromatic rings. The van der Waals surface area contributed by atoms with E-state index in [0.717, 1.165) is 16.8 Å². The lowest BCUT2D eigenvalue weighted by molar-refractivity contribution is 0.423. The summed E-state index contributed by atoms with van der Waals surface area (Å²) in [5.41, 5.74) is 1.29. The smallest absolute Gasteiger partial charge is 0.0594 e. The zero-order chi connectivity index (χ0) is 14.7. The Bertz CT molecular complexity index is 600. The normalized spacial score (nSPS) is 18.6. The van der Waals surface area contributed by atoms with Crippen LogP contribution in [0.5, 0.6) is 0 Å². The molecule has 0 aliphatic heterocycles. The van der Waals surface area contributed by atoms with Crippen molar-refractivity contribution in [1.82, 2.24) is 0 Å². The Kier molecular flexibility index (Phi) is 5.24. The second kappa shape index (κ2) is 7.15. The summed E-state index contributed by atoms with van der Waals surface area (Å²) in [6, 6.07) is 12.9. The Morgan fingerprint density at radius 1 is 0.952 bits per heavy atom. The van der Waals surface area contributed by atoms with Gasteiger partial charge in [-0.25, -0.2) is 0 Å². The number of benzene rings is 2. The number of fused-ring (bicyclic) bond motifs is 1. The van der Waals surface area contributed by atoms with Crippen LogP contribution in [0.2, 0.25) is 0 Å². The quantitative estimate of drug-likeness (QED) is 0.397. The van der Waals surface area contributed by atoms with Gasteiger partial charge in [-0.2, -0.15) is 0 Å². The molecule has 1 aliphatic carbocycles. The minimum atomic E-state index is 0.131. The third-order valence-electron chi connectivity index (χ3n) is 4.76. The van der Waals surface area contributed by atoms with Gasteiger partial charge in [0.05, 0.1) is 5.38 Å². The largest absolute Gasteiger partial charge is 0.118 e. The van der Waals surface area contributed by atoms with E-state index in [4.69, 9.17) is 11.6 Å². The second-order valence-electron chi connectivity index (χ2n) is 6.24. The average molecular weight is 366 g/mol. The van der Waals surface area contributed by atoms with Crippen LogP contribution in [0.3, 0.4) is 0 Å². The van der Waals surface area contributed by atoms with Gasteiger partial charge in [-0.05, 0) is 34.7 Å². The summed E-state index contributed by atoms with van der Waals surface area (Å²) in [6.07, 6.45) is 9.42. The maximum Gasteiger partial charge on any atom is 0.0594 e. The molecule has 2 aromatic carbocycles. The third-order valence-corrected chi connectivity index (χ3v) is 5.86. The minimum absolute atomic E-state index is 0.131. The summed E-state index contributed by atoms with van der Waals surface area (Å²) in [6.45, 7) is 0. The number of hydrogen-bond acceptors (Lipinski definition) is 0. The van der Waals surface area contributed by atoms with E-state index in [1.165, 1.54) is 54.9 Å². The fourth-order valence-corrected chi connectivity index (χ4v) is 4.50. The molecule has 0 saturated heterocycles. The van der Waals surface area contributed by atoms with Crippen LogP contribution >= 0.6 is 27.5 Å². The summed E-state index contributed by atoms with van der Waals surface area (Å²) in [7, 11) is 0. The molecule has 21 heavy (non-hydrogen) atoms. The molecule has 1 saturated carbocycles. The van der Waals surface area contributed by atoms with Gasteiger partial charge in [-0.15, -0.1) is 11.6 Å². The topological polar surface area (TPSA) is 0 Å². The first-order valence-corrected chi connectivity index (χ1v) is 9.30. The first-order chi connectivity index (χ1) is 10.3. The summed E-state index contributed by atoms with van der Waals surface area (Å²) in [4.78, 5) is 0. The van der Waals surface area contributed by atoms with E-state index in [-0.39, 0.29) is 5.38 Å². The van der Waals surface area contributed by atoms with Crippen molar-refractivity contribution in [2.75, 3.05) is 0 Å². The molecular weight excluding hydrogens is 344 g/mol. The summed E-state index contributed by atoms with van der Waals surface area (Å²) in [5.74, 6) is 0.803. The fraction of sp³-hybridized carbons (Fsp3) is 0.474. The number of hydrogen-bond donors (Lipinski definition) is 0. The molecule has 3 rings (SSSR count). The van der Waals surface area contributed by atoms with Crippen molar-refractivity contribution < 1.29 is 0 Å². The average Bonchev–Trinajstić information content (AvgIpc) is 2.76. The van der Waals surface area contributed by atoms with E-state index >= 15 is 0 Å². The summed E-state index contributed by atoms with van der Waals surface area (Å²) in [5, 5.41) is 2.69. The molecular formula is C19H22BrCl. The minimum Gasteiger partial charge on any atom is -0.118 e. The van der Waals surface area contributed by atoms with Gasteiger partial charge in [-0.1, -0.05) is 84.8 Å². The van der Waals surface area contributed by atoms with E-state index in [2.05, 4.69) is 52.3 Å². The van der Waals surface area contributed by atoms with Crippen LogP contribution in [0.4, 0.5) is 0 Å². The van der Waals surface area contributed by atoms with Crippen LogP contribution < -0.4 is 0 Å². The second-order valence-corrected chi connectivity index (χ2v) is 7.62. The van der Waals surface area contributed by atoms with Gasteiger partial charge in [0.2, 0.25) is 0 Å². The van der Waals surface area contributed by atoms with Crippen LogP contribution in [0.15, 0.2) is 40.9 Å². The lowest BCUT2D eigenvalue weighted by Gasteiger charge is -2.20. The molecule has 0 radical (unpaired) electrons. The Morgan fingerprint density at radius 2 is 1.62 bits per heavy atom. The predicted molar refractivity (Wildman–Crippen MR) is 96.1 cm³/mol. The predicted octanol–water partition coefficient (Wildman–Crippen LogP) is 7.24. The molecule has 0 spiro atoms. The van der Waals surface area contributed by atoms with Crippen LogP contribution in [0.25, 0.3) is 10.8 Å². The van der Waals surface area contributed by atoms with E-state index in [1.54, 1.807) is 0 Å². The zero-order valence-corrected chi connectivity index (χ0v) is 14.7. The Hall–Kier alpha value is -0.530. The molecule has 0 heterocycles. The standard InChI is InChI=1S/C19H22BrCl/c20-18-12-11-17(15-9-5-6-10-16(15)18)19(21)13-14-7-3-1-2-4-8-14/h5-6,9-12,14,19H,1-4,7-8,13H2. The van der Waals surface area contributed by atoms with Crippen LogP contribution in [0, 0.1) is 5.92 Å². The van der Waals surface area contributed by atoms with Crippen molar-refractivity contribution in [3.8, 4) is 0 Å². The first-order valence-electron chi connectivity index (χ1n) is 8.07. The lowest BCUT2D eigenvalue weighted by Crippen LogP contribution is -2.04. The first kappa shape index (κ1) is 15.4. The van der Waals surface area contributed by atoms with Gasteiger partial charge < -0.3 is 0 Å². The number of halogens is 2. The monoisotopic (exact) mass is 364 g/mol. The molecule has 1 atom stereocenters. The summed E-state index contributed by atoms with van der Waals surface area (Å²) < 4.78 is 1.15. The Morgan fingerprint density at radius 3 is 2.33 bits per heavy atom. The van der Waals surface area contributed by atoms with Crippen molar-refractivity contribution in [2.24, 2.45) is 5.92 Å². The van der Waals surface area contributed by atoms with Gasteiger partial charge in [0.15, 0.2) is 0 Å². The lowest BCUT2D eigenvalue weighted by atomic mass is 9.91. The molecule has 112 valence electrons. The fourth-order valence-electron chi connectivity index (χ4n) is 3.58. The van der Waals surface area contributed by atoms with Crippen molar-refractivity contribution >= 4 is 38.3 Å². The van der Waals surface area contributed by atoms with Gasteiger partial charge in [0.1, 0.15) is 0 Å². The molecule has 2 heteroatoms. The van der Waals surface area contributed by atoms with Gasteiger partial charge >= 0.3 is 0 Å². The van der Waals surface area contributed by atoms with Crippen LogP contribution in [0.1, 0.15) is 55.9 Å². The van der Waals surface area contributed by atoms with E-state index < -0.39 is 0 Å². The molecule has 0 N–H and O–H groups in total. The van der Waals surface area contributed by atoms with Crippen molar-refractivity contribution in [1.29, 1.82) is 0 Å². The molecule has 1 unspecified atom stereocenters. The van der Waals surface area contributed by atoms with Crippen molar-refractivity contribution in [2.45, 2.75) is 50.3 Å². The van der Waals surface area contributed by atoms with Crippen LogP contribution in [-0.2, 0) is 0 Å². The highest BCUT2D eigenvalue weighted by Gasteiger charge is 2.19. The van der Waals surface area contributed by atoms with Crippen molar-refractivity contribution in [3.05, 3.63) is 46.4 Å². The number of rotatable bonds is 3. The molecule has 1 fully saturated rings. The Labute approximate surface area is 141 Å². The van der Waals surface area contributed by atoms with Gasteiger partial charge in [0.25, 0.3) is 0 Å². The van der Waals surface area contributed by atoms with Gasteiger partial charge in [-0.3, -0.25) is 0 Å². The highest BCUT2D eigenvalue weighted by Crippen LogP contribution is 2.38. The van der Waals surface area contributed by atoms with Crippen LogP contribution in [-0.4, -0.2) is 0 Å². The molecule has 0 nitrogen and oxygen atoms in total. The zero-order valence-electron chi connectivity index (χ0n) is 12.3. The van der Waals surface area contributed by atoms with Crippen molar-refractivity contribution in [3.63, 3.8) is 0 Å². The molecule has 0 bridgehead atoms. The van der Waals surface area contributed by atoms with E-state index in [9.17, 15) is 0 Å². The summed E-state index contributed by atoms with van der Waals surface area (Å²) >= 11 is 10.5. The Balaban J connectivity index is 1.84. The third kappa shape index (κ3) is 3.63. The highest BCUT2D eigenvalue weighted by atomic mass is 79.9. The van der Waals surface area contributed by atoms with Gasteiger partial charge in [0, 0.05) is 4.47 Å². The van der Waals surface area contributed by atoms with E-state index in [1.807, 2.05) is 0 Å². The molecule has 0 aromatic heterocycles. The maximum atomic E-state index is 6.81. The molecule has 0 amide bonds.